The molecule has 1 aliphatic heterocycles. The van der Waals surface area contributed by atoms with Gasteiger partial charge >= 0.3 is 0 Å². The van der Waals surface area contributed by atoms with Gasteiger partial charge in [-0.3, -0.25) is 0 Å². The molecule has 0 spiro atoms. The highest BCUT2D eigenvalue weighted by Crippen LogP contribution is 2.45. The van der Waals surface area contributed by atoms with Crippen molar-refractivity contribution in [3.05, 3.63) is 0 Å². The fourth-order valence-corrected chi connectivity index (χ4v) is 3.94. The molecule has 1 aliphatic carbocycles. The maximum atomic E-state index is 2.74. The van der Waals surface area contributed by atoms with Crippen LogP contribution in [0.1, 0.15) is 67.2 Å². The van der Waals surface area contributed by atoms with Crippen LogP contribution < -0.4 is 0 Å². The third-order valence-electron chi connectivity index (χ3n) is 5.79. The molecule has 2 fully saturated rings. The van der Waals surface area contributed by atoms with Crippen LogP contribution in [0.15, 0.2) is 0 Å². The lowest BCUT2D eigenvalue weighted by atomic mass is 9.63. The fraction of sp³-hybridized carbons (Fsp3) is 1.00. The largest absolute Gasteiger partial charge is 0.303 e. The van der Waals surface area contributed by atoms with Gasteiger partial charge < -0.3 is 4.90 Å². The van der Waals surface area contributed by atoms with E-state index in [-0.39, 0.29) is 0 Å². The summed E-state index contributed by atoms with van der Waals surface area (Å²) in [6, 6.07) is 0. The van der Waals surface area contributed by atoms with Crippen LogP contribution in [0.5, 0.6) is 0 Å². The lowest BCUT2D eigenvalue weighted by molar-refractivity contribution is 0.0321. The molecule has 1 saturated carbocycles. The number of rotatable bonds is 2. The predicted molar refractivity (Wildman–Crippen MR) is 84.3 cm³/mol. The molecule has 19 heavy (non-hydrogen) atoms. The smallest absolute Gasteiger partial charge is 0.000987 e. The fourth-order valence-electron chi connectivity index (χ4n) is 3.94. The Morgan fingerprint density at radius 3 is 1.68 bits per heavy atom. The van der Waals surface area contributed by atoms with Gasteiger partial charge in [-0.25, -0.2) is 0 Å². The van der Waals surface area contributed by atoms with Crippen molar-refractivity contribution in [2.75, 3.05) is 19.6 Å². The monoisotopic (exact) mass is 265 g/mol. The highest BCUT2D eigenvalue weighted by Gasteiger charge is 2.38. The maximum absolute atomic E-state index is 2.74. The number of hydrogen-bond acceptors (Lipinski definition) is 1. The average Bonchev–Trinajstić information content (AvgIpc) is 2.20. The molecule has 2 aliphatic rings. The summed E-state index contributed by atoms with van der Waals surface area (Å²) in [6.07, 6.45) is 5.78. The molecular formula is C18H35N. The molecule has 0 unspecified atom stereocenters. The van der Waals surface area contributed by atoms with Crippen LogP contribution in [-0.4, -0.2) is 24.5 Å². The average molecular weight is 265 g/mol. The van der Waals surface area contributed by atoms with E-state index < -0.39 is 0 Å². The molecule has 0 radical (unpaired) electrons. The van der Waals surface area contributed by atoms with Gasteiger partial charge in [-0.2, -0.15) is 0 Å². The lowest BCUT2D eigenvalue weighted by Crippen LogP contribution is -2.44. The second-order valence-electron chi connectivity index (χ2n) is 9.34. The highest BCUT2D eigenvalue weighted by atomic mass is 15.1. The Labute approximate surface area is 121 Å². The van der Waals surface area contributed by atoms with E-state index in [1.165, 1.54) is 45.3 Å². The predicted octanol–water partition coefficient (Wildman–Crippen LogP) is 4.82. The lowest BCUT2D eigenvalue weighted by Gasteiger charge is -2.47. The second kappa shape index (κ2) is 5.39. The van der Waals surface area contributed by atoms with E-state index in [1.54, 1.807) is 0 Å². The van der Waals surface area contributed by atoms with Crippen LogP contribution in [0, 0.1) is 28.6 Å². The Morgan fingerprint density at radius 2 is 1.26 bits per heavy atom. The van der Waals surface area contributed by atoms with Gasteiger partial charge in [0.2, 0.25) is 0 Å². The van der Waals surface area contributed by atoms with Gasteiger partial charge in [-0.05, 0) is 67.4 Å². The topological polar surface area (TPSA) is 3.24 Å². The molecule has 1 heteroatoms. The summed E-state index contributed by atoms with van der Waals surface area (Å²) in [5.74, 6) is 2.91. The first kappa shape index (κ1) is 15.4. The first-order valence-electron chi connectivity index (χ1n) is 8.38. The highest BCUT2D eigenvalue weighted by molar-refractivity contribution is 4.89. The van der Waals surface area contributed by atoms with Crippen LogP contribution >= 0.6 is 0 Å². The third-order valence-corrected chi connectivity index (χ3v) is 5.79. The van der Waals surface area contributed by atoms with Crippen molar-refractivity contribution in [2.24, 2.45) is 28.6 Å². The van der Waals surface area contributed by atoms with E-state index in [0.717, 1.165) is 17.8 Å². The van der Waals surface area contributed by atoms with Crippen molar-refractivity contribution in [2.45, 2.75) is 67.2 Å². The minimum absolute atomic E-state index is 0.514. The second-order valence-corrected chi connectivity index (χ2v) is 9.34. The molecule has 1 nitrogen and oxygen atoms in total. The molecule has 2 rings (SSSR count). The summed E-state index contributed by atoms with van der Waals surface area (Å²) >= 11 is 0. The molecule has 0 aromatic rings. The van der Waals surface area contributed by atoms with Gasteiger partial charge in [-0.1, -0.05) is 41.5 Å². The quantitative estimate of drug-likeness (QED) is 0.692. The minimum Gasteiger partial charge on any atom is -0.303 e. The van der Waals surface area contributed by atoms with Crippen LogP contribution in [0.3, 0.4) is 0 Å². The summed E-state index contributed by atoms with van der Waals surface area (Å²) in [6.45, 7) is 18.5. The van der Waals surface area contributed by atoms with Crippen LogP contribution in [0.2, 0.25) is 0 Å². The summed E-state index contributed by atoms with van der Waals surface area (Å²) in [5, 5.41) is 0. The van der Waals surface area contributed by atoms with Crippen LogP contribution in [0.25, 0.3) is 0 Å². The number of piperidine rings is 1. The first-order chi connectivity index (χ1) is 8.66. The molecule has 0 aromatic heterocycles. The molecule has 0 N–H and O–H groups in total. The zero-order valence-corrected chi connectivity index (χ0v) is 14.1. The van der Waals surface area contributed by atoms with Crippen molar-refractivity contribution in [3.8, 4) is 0 Å². The number of nitrogens with zero attached hydrogens (tertiary/aromatic N) is 1. The summed E-state index contributed by atoms with van der Waals surface area (Å²) in [5.41, 5.74) is 1.05. The maximum Gasteiger partial charge on any atom is 0.000987 e. The molecule has 1 heterocycles. The molecular weight excluding hydrogens is 230 g/mol. The summed E-state index contributed by atoms with van der Waals surface area (Å²) in [7, 11) is 0. The molecule has 1 saturated heterocycles. The van der Waals surface area contributed by atoms with Crippen molar-refractivity contribution in [1.29, 1.82) is 0 Å². The zero-order valence-electron chi connectivity index (χ0n) is 14.1. The van der Waals surface area contributed by atoms with Crippen molar-refractivity contribution in [3.63, 3.8) is 0 Å². The first-order valence-corrected chi connectivity index (χ1v) is 8.38. The van der Waals surface area contributed by atoms with Gasteiger partial charge in [0.1, 0.15) is 0 Å². The van der Waals surface area contributed by atoms with Crippen molar-refractivity contribution < 1.29 is 0 Å². The molecule has 0 atom stereocenters. The third kappa shape index (κ3) is 3.97. The number of hydrogen-bond donors (Lipinski definition) is 0. The van der Waals surface area contributed by atoms with Gasteiger partial charge in [0.25, 0.3) is 0 Å². The Bertz CT molecular complexity index is 280. The van der Waals surface area contributed by atoms with Gasteiger partial charge in [0.15, 0.2) is 0 Å². The van der Waals surface area contributed by atoms with Crippen molar-refractivity contribution >= 4 is 0 Å². The van der Waals surface area contributed by atoms with E-state index in [1.807, 2.05) is 0 Å². The Morgan fingerprint density at radius 1 is 0.789 bits per heavy atom. The normalized spacial score (nSPS) is 31.3. The Kier molecular flexibility index (Phi) is 4.35. The van der Waals surface area contributed by atoms with E-state index in [2.05, 4.69) is 46.4 Å². The van der Waals surface area contributed by atoms with Gasteiger partial charge in [0.05, 0.1) is 0 Å². The Hall–Kier alpha value is -0.0400. The zero-order chi connectivity index (χ0) is 14.3. The SMILES string of the molecule is CC(C)(C)C1CCN(CC2CC(C(C)(C)C)C2)CC1. The standard InChI is InChI=1S/C18H35N/c1-17(2,3)15-7-9-19(10-8-15)13-14-11-16(12-14)18(4,5)6/h14-16H,7-13H2,1-6H3. The Balaban J connectivity index is 1.68. The molecule has 0 amide bonds. The summed E-state index contributed by atoms with van der Waals surface area (Å²) < 4.78 is 0. The van der Waals surface area contributed by atoms with E-state index in [9.17, 15) is 0 Å². The molecule has 112 valence electrons. The van der Waals surface area contributed by atoms with E-state index >= 15 is 0 Å². The van der Waals surface area contributed by atoms with Crippen molar-refractivity contribution in [1.82, 2.24) is 4.90 Å². The van der Waals surface area contributed by atoms with Crippen LogP contribution in [0.4, 0.5) is 0 Å². The van der Waals surface area contributed by atoms with E-state index in [4.69, 9.17) is 0 Å². The minimum atomic E-state index is 0.514. The van der Waals surface area contributed by atoms with E-state index in [0.29, 0.717) is 10.8 Å². The van der Waals surface area contributed by atoms with Gasteiger partial charge in [0, 0.05) is 6.54 Å². The van der Waals surface area contributed by atoms with Gasteiger partial charge in [-0.15, -0.1) is 0 Å². The molecule has 0 aromatic carbocycles. The van der Waals surface area contributed by atoms with Crippen LogP contribution in [-0.2, 0) is 0 Å². The number of likely N-dealkylation sites (tertiary alicyclic amines) is 1. The molecule has 0 bridgehead atoms. The summed E-state index contributed by atoms with van der Waals surface area (Å²) in [4.78, 5) is 2.74.